The Morgan fingerprint density at radius 2 is 1.77 bits per heavy atom. The fourth-order valence-corrected chi connectivity index (χ4v) is 7.23. The monoisotopic (exact) mass is 645 g/mol. The summed E-state index contributed by atoms with van der Waals surface area (Å²) in [6.45, 7) is -0.260. The van der Waals surface area contributed by atoms with Gasteiger partial charge in [-0.05, 0) is 36.2 Å². The van der Waals surface area contributed by atoms with E-state index in [0.717, 1.165) is 0 Å². The van der Waals surface area contributed by atoms with E-state index in [1.54, 1.807) is 84.8 Å². The van der Waals surface area contributed by atoms with Gasteiger partial charge < -0.3 is 39.2 Å². The van der Waals surface area contributed by atoms with Crippen molar-refractivity contribution in [1.29, 1.82) is 0 Å². The minimum atomic E-state index is -1.52. The fraction of sp³-hybridized carbons (Fsp3) is 0.429. The molecular weight excluding hydrogens is 606 g/mol. The van der Waals surface area contributed by atoms with Gasteiger partial charge in [-0.3, -0.25) is 19.2 Å². The van der Waals surface area contributed by atoms with Gasteiger partial charge >= 0.3 is 5.97 Å². The second-order valence-electron chi connectivity index (χ2n) is 12.0. The maximum atomic E-state index is 14.5. The van der Waals surface area contributed by atoms with Crippen LogP contribution in [0.2, 0.25) is 0 Å². The molecule has 0 bridgehead atoms. The first-order chi connectivity index (χ1) is 22.8. The molecule has 1 spiro atoms. The molecule has 4 aliphatic heterocycles. The number of aliphatic hydroxyl groups is 1. The predicted molar refractivity (Wildman–Crippen MR) is 169 cm³/mol. The molecule has 0 unspecified atom stereocenters. The van der Waals surface area contributed by atoms with E-state index in [-0.39, 0.29) is 32.0 Å². The zero-order chi connectivity index (χ0) is 33.1. The van der Waals surface area contributed by atoms with Crippen molar-refractivity contribution < 1.29 is 43.2 Å². The van der Waals surface area contributed by atoms with Gasteiger partial charge in [-0.25, -0.2) is 0 Å². The van der Waals surface area contributed by atoms with Crippen molar-refractivity contribution in [2.75, 3.05) is 45.4 Å². The van der Waals surface area contributed by atoms with Crippen LogP contribution in [0, 0.1) is 11.8 Å². The molecule has 0 radical (unpaired) electrons. The number of rotatable bonds is 7. The number of likely N-dealkylation sites (tertiary alicyclic amines) is 1. The summed E-state index contributed by atoms with van der Waals surface area (Å²) in [7, 11) is 3.05. The zero-order valence-electron chi connectivity index (χ0n) is 26.3. The highest BCUT2D eigenvalue weighted by atomic mass is 16.6. The number of anilines is 1. The van der Waals surface area contributed by atoms with E-state index >= 15 is 0 Å². The highest BCUT2D eigenvalue weighted by molar-refractivity contribution is 6.05. The number of cyclic esters (lactones) is 1. The summed E-state index contributed by atoms with van der Waals surface area (Å²) in [4.78, 5) is 59.0. The number of fused-ring (bicyclic) bond motifs is 2. The average molecular weight is 646 g/mol. The number of hydrogen-bond donors (Lipinski definition) is 2. The summed E-state index contributed by atoms with van der Waals surface area (Å²) in [5.41, 5.74) is -0.294. The van der Waals surface area contributed by atoms with Crippen LogP contribution in [-0.2, 0) is 33.4 Å². The van der Waals surface area contributed by atoms with E-state index in [1.165, 1.54) is 12.0 Å². The van der Waals surface area contributed by atoms with E-state index in [4.69, 9.17) is 18.9 Å². The van der Waals surface area contributed by atoms with E-state index in [1.807, 2.05) is 6.07 Å². The van der Waals surface area contributed by atoms with Gasteiger partial charge in [0.05, 0.1) is 38.4 Å². The number of nitrogens with zero attached hydrogens (tertiary/aromatic N) is 2. The summed E-state index contributed by atoms with van der Waals surface area (Å²) in [6, 6.07) is 14.1. The fourth-order valence-electron chi connectivity index (χ4n) is 7.23. The Morgan fingerprint density at radius 3 is 2.47 bits per heavy atom. The van der Waals surface area contributed by atoms with Gasteiger partial charge in [0.2, 0.25) is 11.8 Å². The first-order valence-electron chi connectivity index (χ1n) is 15.8. The smallest absolute Gasteiger partial charge is 0.313 e. The standard InChI is InChI=1S/C35H39N3O9/c1-44-21-25-30(22-9-4-3-5-10-22)46-34(43)28-26(11-6-7-12-27(40)36-25)47-35-17-8-18-37(23-13-15-24(45-2)16-14-23)33(42)31(35)38(19-20-39)32(41)29(28)35/h3-6,8-11,13-17,25-26,28-31,39H,7,12,18-21H2,1-2H3,(H,36,40)/b11-6-/t25-,26-,28+,29+,30-,31-,35+/m1/s1. The Balaban J connectivity index is 1.42. The Morgan fingerprint density at radius 1 is 1.00 bits per heavy atom. The Kier molecular flexibility index (Phi) is 9.44. The number of benzene rings is 2. The maximum absolute atomic E-state index is 14.5. The summed E-state index contributed by atoms with van der Waals surface area (Å²) < 4.78 is 23.6. The molecule has 2 N–H and O–H groups in total. The van der Waals surface area contributed by atoms with Crippen molar-refractivity contribution in [3.05, 3.63) is 84.5 Å². The van der Waals surface area contributed by atoms with Crippen LogP contribution in [0.4, 0.5) is 5.69 Å². The van der Waals surface area contributed by atoms with Gasteiger partial charge in [0, 0.05) is 32.3 Å². The lowest BCUT2D eigenvalue weighted by Crippen LogP contribution is -2.55. The second kappa shape index (κ2) is 13.7. The third kappa shape index (κ3) is 5.92. The van der Waals surface area contributed by atoms with Gasteiger partial charge in [0.1, 0.15) is 29.4 Å². The number of amides is 3. The number of allylic oxidation sites excluding steroid dienone is 1. The first-order valence-corrected chi connectivity index (χ1v) is 15.8. The SMILES string of the molecule is COC[C@H]1NC(=O)CC/C=C\[C@H]2O[C@]34C=CCN(c5ccc(OC)cc5)C(=O)[C@H]3N(CCO)C(=O)[C@@H]4[C@H]2C(=O)O[C@@H]1c1ccccc1. The molecule has 4 aliphatic rings. The lowest BCUT2D eigenvalue weighted by Gasteiger charge is -2.35. The minimum Gasteiger partial charge on any atom is -0.497 e. The summed E-state index contributed by atoms with van der Waals surface area (Å²) in [6.07, 6.45) is 5.58. The van der Waals surface area contributed by atoms with Crippen LogP contribution in [0.5, 0.6) is 5.75 Å². The topological polar surface area (TPSA) is 144 Å². The summed E-state index contributed by atoms with van der Waals surface area (Å²) in [5.74, 6) is -3.45. The molecule has 7 atom stereocenters. The highest BCUT2D eigenvalue weighted by Gasteiger charge is 2.71. The molecule has 3 amide bonds. The molecule has 0 saturated carbocycles. The van der Waals surface area contributed by atoms with Crippen molar-refractivity contribution in [3.63, 3.8) is 0 Å². The molecule has 47 heavy (non-hydrogen) atoms. The van der Waals surface area contributed by atoms with Crippen LogP contribution in [0.1, 0.15) is 24.5 Å². The lowest BCUT2D eigenvalue weighted by molar-refractivity contribution is -0.162. The number of aliphatic hydroxyl groups excluding tert-OH is 1. The third-order valence-electron chi connectivity index (χ3n) is 9.28. The lowest BCUT2D eigenvalue weighted by atomic mass is 9.77. The van der Waals surface area contributed by atoms with Gasteiger partial charge in [-0.1, -0.05) is 54.6 Å². The molecular formula is C35H39N3O9. The number of esters is 1. The number of hydrogen-bond acceptors (Lipinski definition) is 9. The van der Waals surface area contributed by atoms with Crippen LogP contribution in [0.25, 0.3) is 0 Å². The molecule has 4 heterocycles. The Hall–Kier alpha value is -4.52. The zero-order valence-corrected chi connectivity index (χ0v) is 26.3. The largest absolute Gasteiger partial charge is 0.497 e. The first kappa shape index (κ1) is 32.4. The van der Waals surface area contributed by atoms with E-state index in [2.05, 4.69) is 5.32 Å². The van der Waals surface area contributed by atoms with Crippen molar-refractivity contribution >= 4 is 29.4 Å². The Bertz CT molecular complexity index is 1550. The van der Waals surface area contributed by atoms with Gasteiger partial charge in [-0.2, -0.15) is 0 Å². The molecule has 2 aromatic rings. The number of methoxy groups -OCH3 is 2. The number of carbonyl (C=O) groups is 4. The minimum absolute atomic E-state index is 0.0656. The Labute approximate surface area is 272 Å². The van der Waals surface area contributed by atoms with E-state index < -0.39 is 66.1 Å². The second-order valence-corrected chi connectivity index (χ2v) is 12.0. The highest BCUT2D eigenvalue weighted by Crippen LogP contribution is 2.53. The van der Waals surface area contributed by atoms with Gasteiger partial charge in [0.15, 0.2) is 0 Å². The number of nitrogens with one attached hydrogen (secondary N) is 1. The summed E-state index contributed by atoms with van der Waals surface area (Å²) in [5, 5.41) is 13.0. The van der Waals surface area contributed by atoms with Crippen LogP contribution < -0.4 is 15.0 Å². The third-order valence-corrected chi connectivity index (χ3v) is 9.28. The van der Waals surface area contributed by atoms with Crippen molar-refractivity contribution in [2.24, 2.45) is 11.8 Å². The predicted octanol–water partition coefficient (Wildman–Crippen LogP) is 1.94. The number of carbonyl (C=O) groups excluding carboxylic acids is 4. The van der Waals surface area contributed by atoms with Gasteiger partial charge in [-0.15, -0.1) is 0 Å². The van der Waals surface area contributed by atoms with E-state index in [0.29, 0.717) is 23.4 Å². The van der Waals surface area contributed by atoms with Crippen molar-refractivity contribution in [1.82, 2.24) is 10.2 Å². The van der Waals surface area contributed by atoms with Crippen LogP contribution in [0.15, 0.2) is 78.9 Å². The van der Waals surface area contributed by atoms with Crippen LogP contribution >= 0.6 is 0 Å². The summed E-state index contributed by atoms with van der Waals surface area (Å²) >= 11 is 0. The molecule has 2 aromatic carbocycles. The maximum Gasteiger partial charge on any atom is 0.313 e. The number of β-amino-alcohol motifs (C(OH)–C–C–N with tert-alkyl or cyclic N) is 1. The molecule has 6 rings (SSSR count). The van der Waals surface area contributed by atoms with Crippen LogP contribution in [-0.4, -0.2) is 98.0 Å². The molecule has 2 fully saturated rings. The molecule has 248 valence electrons. The van der Waals surface area contributed by atoms with E-state index in [9.17, 15) is 24.3 Å². The van der Waals surface area contributed by atoms with Gasteiger partial charge in [0.25, 0.3) is 5.91 Å². The molecule has 2 saturated heterocycles. The van der Waals surface area contributed by atoms with Crippen LogP contribution in [0.3, 0.4) is 0 Å². The normalized spacial score (nSPS) is 31.5. The molecule has 0 aromatic heterocycles. The molecule has 12 nitrogen and oxygen atoms in total. The quantitative estimate of drug-likeness (QED) is 0.341. The molecule has 0 aliphatic carbocycles. The molecule has 12 heteroatoms. The average Bonchev–Trinajstić information content (AvgIpc) is 3.46. The van der Waals surface area contributed by atoms with Crippen molar-refractivity contribution in [2.45, 2.75) is 42.7 Å². The van der Waals surface area contributed by atoms with Crippen molar-refractivity contribution in [3.8, 4) is 5.75 Å². The number of ether oxygens (including phenoxy) is 4.